The van der Waals surface area contributed by atoms with E-state index in [1.807, 2.05) is 12.1 Å². The van der Waals surface area contributed by atoms with Crippen molar-refractivity contribution in [1.82, 2.24) is 14.8 Å². The summed E-state index contributed by atoms with van der Waals surface area (Å²) in [7, 11) is 0. The Morgan fingerprint density at radius 3 is 2.76 bits per heavy atom. The van der Waals surface area contributed by atoms with Crippen molar-refractivity contribution < 1.29 is 13.5 Å². The van der Waals surface area contributed by atoms with Gasteiger partial charge in [-0.3, -0.25) is 4.57 Å². The van der Waals surface area contributed by atoms with Crippen LogP contribution in [0.4, 0.5) is 4.39 Å². The zero-order valence-electron chi connectivity index (χ0n) is 13.6. The summed E-state index contributed by atoms with van der Waals surface area (Å²) >= 11 is 1.61. The molecule has 7 heteroatoms. The topological polar surface area (TPSA) is 53.1 Å². The second-order valence-corrected chi connectivity index (χ2v) is 6.99. The van der Waals surface area contributed by atoms with Gasteiger partial charge < -0.3 is 9.15 Å². The summed E-state index contributed by atoms with van der Waals surface area (Å²) in [6, 6.07) is 9.90. The van der Waals surface area contributed by atoms with Gasteiger partial charge in [0.2, 0.25) is 0 Å². The number of thioether (sulfide) groups is 1. The van der Waals surface area contributed by atoms with E-state index in [0.29, 0.717) is 24.8 Å². The number of ether oxygens (including phenoxy) is 1. The molecule has 2 heterocycles. The fourth-order valence-electron chi connectivity index (χ4n) is 2.58. The molecule has 25 heavy (non-hydrogen) atoms. The Morgan fingerprint density at radius 1 is 1.20 bits per heavy atom. The molecule has 0 spiro atoms. The van der Waals surface area contributed by atoms with Crippen LogP contribution in [0.25, 0.3) is 0 Å². The summed E-state index contributed by atoms with van der Waals surface area (Å²) in [6.07, 6.45) is 4.03. The molecule has 1 saturated carbocycles. The van der Waals surface area contributed by atoms with E-state index >= 15 is 0 Å². The minimum atomic E-state index is -0.264. The highest BCUT2D eigenvalue weighted by atomic mass is 32.2. The molecule has 0 saturated heterocycles. The number of aromatic nitrogens is 3. The second kappa shape index (κ2) is 7.31. The van der Waals surface area contributed by atoms with Gasteiger partial charge in [0.25, 0.3) is 0 Å². The molecule has 5 nitrogen and oxygen atoms in total. The van der Waals surface area contributed by atoms with E-state index in [9.17, 15) is 4.39 Å². The van der Waals surface area contributed by atoms with Crippen LogP contribution in [0.5, 0.6) is 5.75 Å². The normalized spacial score (nSPS) is 14.0. The van der Waals surface area contributed by atoms with Crippen LogP contribution in [0.2, 0.25) is 0 Å². The molecular formula is C18H18FN3O2S. The third-order valence-electron chi connectivity index (χ3n) is 3.98. The molecule has 0 bridgehead atoms. The summed E-state index contributed by atoms with van der Waals surface area (Å²) in [4.78, 5) is 0. The van der Waals surface area contributed by atoms with Crippen LogP contribution in [-0.4, -0.2) is 27.1 Å². The average Bonchev–Trinajstić information content (AvgIpc) is 3.19. The van der Waals surface area contributed by atoms with Crippen LogP contribution in [0.3, 0.4) is 0 Å². The van der Waals surface area contributed by atoms with Gasteiger partial charge in [0, 0.05) is 11.7 Å². The molecule has 0 N–H and O–H groups in total. The highest BCUT2D eigenvalue weighted by molar-refractivity contribution is 7.99. The maximum Gasteiger partial charge on any atom is 0.191 e. The van der Waals surface area contributed by atoms with Crippen molar-refractivity contribution in [1.29, 1.82) is 0 Å². The summed E-state index contributed by atoms with van der Waals surface area (Å²) in [6.45, 7) is 1.16. The molecule has 4 rings (SSSR count). The van der Waals surface area contributed by atoms with Gasteiger partial charge >= 0.3 is 0 Å². The number of hydrogen-bond acceptors (Lipinski definition) is 5. The third-order valence-corrected chi connectivity index (χ3v) is 4.91. The monoisotopic (exact) mass is 359 g/mol. The molecule has 1 fully saturated rings. The van der Waals surface area contributed by atoms with Crippen LogP contribution >= 0.6 is 11.8 Å². The smallest absolute Gasteiger partial charge is 0.191 e. The quantitative estimate of drug-likeness (QED) is 0.448. The Kier molecular flexibility index (Phi) is 4.74. The molecule has 130 valence electrons. The number of furan rings is 1. The maximum atomic E-state index is 12.9. The molecule has 1 aliphatic carbocycles. The van der Waals surface area contributed by atoms with Gasteiger partial charge in [-0.05, 0) is 49.2 Å². The molecule has 0 aliphatic heterocycles. The van der Waals surface area contributed by atoms with E-state index in [1.54, 1.807) is 30.2 Å². The molecule has 0 radical (unpaired) electrons. The maximum absolute atomic E-state index is 12.9. The van der Waals surface area contributed by atoms with Crippen LogP contribution in [0.15, 0.2) is 52.2 Å². The van der Waals surface area contributed by atoms with Gasteiger partial charge in [-0.1, -0.05) is 11.8 Å². The van der Waals surface area contributed by atoms with Crippen molar-refractivity contribution in [3.05, 3.63) is 60.1 Å². The number of rotatable bonds is 8. The van der Waals surface area contributed by atoms with Crippen LogP contribution in [0, 0.1) is 5.82 Å². The van der Waals surface area contributed by atoms with Gasteiger partial charge in [0.15, 0.2) is 5.16 Å². The summed E-state index contributed by atoms with van der Waals surface area (Å²) in [5.74, 6) is 3.59. The Labute approximate surface area is 149 Å². The van der Waals surface area contributed by atoms with Crippen LogP contribution in [-0.2, 0) is 6.54 Å². The van der Waals surface area contributed by atoms with Gasteiger partial charge in [0.1, 0.15) is 23.2 Å². The lowest BCUT2D eigenvalue weighted by atomic mass is 10.3. The van der Waals surface area contributed by atoms with Crippen molar-refractivity contribution in [2.24, 2.45) is 0 Å². The predicted octanol–water partition coefficient (Wildman–Crippen LogP) is 4.11. The third kappa shape index (κ3) is 4.04. The molecule has 0 atom stereocenters. The highest BCUT2D eigenvalue weighted by Crippen LogP contribution is 2.40. The Hall–Kier alpha value is -2.28. The van der Waals surface area contributed by atoms with Gasteiger partial charge in [-0.25, -0.2) is 4.39 Å². The predicted molar refractivity (Wildman–Crippen MR) is 92.4 cm³/mol. The Morgan fingerprint density at radius 2 is 2.04 bits per heavy atom. The average molecular weight is 359 g/mol. The fraction of sp³-hybridized carbons (Fsp3) is 0.333. The minimum absolute atomic E-state index is 0.264. The molecule has 1 aromatic carbocycles. The molecule has 0 amide bonds. The van der Waals surface area contributed by atoms with E-state index < -0.39 is 0 Å². The van der Waals surface area contributed by atoms with E-state index in [4.69, 9.17) is 9.15 Å². The lowest BCUT2D eigenvalue weighted by Gasteiger charge is -2.09. The number of halogens is 1. The SMILES string of the molecule is Fc1ccc(OCCSc2nnc(C3CC3)n2Cc2ccco2)cc1. The fourth-order valence-corrected chi connectivity index (χ4v) is 3.34. The lowest BCUT2D eigenvalue weighted by Crippen LogP contribution is -2.07. The first-order valence-corrected chi connectivity index (χ1v) is 9.25. The van der Waals surface area contributed by atoms with Crippen molar-refractivity contribution in [3.63, 3.8) is 0 Å². The highest BCUT2D eigenvalue weighted by Gasteiger charge is 2.30. The zero-order valence-corrected chi connectivity index (χ0v) is 14.4. The number of benzene rings is 1. The summed E-state index contributed by atoms with van der Waals surface area (Å²) < 4.78 is 26.1. The second-order valence-electron chi connectivity index (χ2n) is 5.93. The summed E-state index contributed by atoms with van der Waals surface area (Å²) in [5, 5.41) is 9.59. The molecule has 2 aromatic heterocycles. The van der Waals surface area contributed by atoms with Crippen LogP contribution < -0.4 is 4.74 Å². The largest absolute Gasteiger partial charge is 0.493 e. The molecule has 3 aromatic rings. The van der Waals surface area contributed by atoms with Gasteiger partial charge in [-0.2, -0.15) is 0 Å². The number of hydrogen-bond donors (Lipinski definition) is 0. The zero-order chi connectivity index (χ0) is 17.1. The first-order valence-electron chi connectivity index (χ1n) is 8.26. The first-order chi connectivity index (χ1) is 12.3. The molecule has 1 aliphatic rings. The Bertz CT molecular complexity index is 813. The van der Waals surface area contributed by atoms with E-state index in [0.717, 1.165) is 22.5 Å². The van der Waals surface area contributed by atoms with Gasteiger partial charge in [0.05, 0.1) is 19.4 Å². The van der Waals surface area contributed by atoms with Gasteiger partial charge in [-0.15, -0.1) is 10.2 Å². The molecule has 0 unspecified atom stereocenters. The lowest BCUT2D eigenvalue weighted by molar-refractivity contribution is 0.343. The van der Waals surface area contributed by atoms with Crippen molar-refractivity contribution >= 4 is 11.8 Å². The van der Waals surface area contributed by atoms with E-state index in [2.05, 4.69) is 14.8 Å². The molecular weight excluding hydrogens is 341 g/mol. The van der Waals surface area contributed by atoms with Crippen molar-refractivity contribution in [3.8, 4) is 5.75 Å². The van der Waals surface area contributed by atoms with E-state index in [1.165, 1.54) is 25.0 Å². The first kappa shape index (κ1) is 16.2. The van der Waals surface area contributed by atoms with E-state index in [-0.39, 0.29) is 5.82 Å². The summed E-state index contributed by atoms with van der Waals surface area (Å²) in [5.41, 5.74) is 0. The Balaban J connectivity index is 1.37. The standard InChI is InChI=1S/C18H18FN3O2S/c19-14-5-7-15(8-6-14)24-10-11-25-18-21-20-17(13-3-4-13)22(18)12-16-2-1-9-23-16/h1-2,5-9,13H,3-4,10-12H2. The van der Waals surface area contributed by atoms with Crippen molar-refractivity contribution in [2.45, 2.75) is 30.5 Å². The minimum Gasteiger partial charge on any atom is -0.493 e. The number of nitrogens with zero attached hydrogens (tertiary/aromatic N) is 3. The van der Waals surface area contributed by atoms with Crippen molar-refractivity contribution in [2.75, 3.05) is 12.4 Å². The van der Waals surface area contributed by atoms with Crippen LogP contribution in [0.1, 0.15) is 30.3 Å².